The number of likely N-dealkylation sites (tertiary alicyclic amines) is 1. The molecule has 9 heteroatoms. The van der Waals surface area contributed by atoms with Gasteiger partial charge in [0.2, 0.25) is 0 Å². The van der Waals surface area contributed by atoms with Gasteiger partial charge in [-0.05, 0) is 11.8 Å². The summed E-state index contributed by atoms with van der Waals surface area (Å²) in [7, 11) is 0. The predicted octanol–water partition coefficient (Wildman–Crippen LogP) is 1.60. The van der Waals surface area contributed by atoms with Gasteiger partial charge in [0.15, 0.2) is 0 Å². The van der Waals surface area contributed by atoms with E-state index in [-0.39, 0.29) is 30.0 Å². The monoisotopic (exact) mass is 300 g/mol. The number of rotatable bonds is 5. The maximum Gasteiger partial charge on any atom is 0.441 e. The van der Waals surface area contributed by atoms with Gasteiger partial charge < -0.3 is 15.3 Å². The number of nitrogens with zero attached hydrogens (tertiary/aromatic N) is 1. The first-order valence-electron chi connectivity index (χ1n) is 5.67. The summed E-state index contributed by atoms with van der Waals surface area (Å²) in [6.07, 6.45) is 0. The predicted molar refractivity (Wildman–Crippen MR) is 63.8 cm³/mol. The van der Waals surface area contributed by atoms with Gasteiger partial charge in [-0.3, -0.25) is 4.79 Å². The Morgan fingerprint density at radius 2 is 2.05 bits per heavy atom. The molecule has 0 aromatic rings. The van der Waals surface area contributed by atoms with E-state index in [1.807, 2.05) is 0 Å². The number of hydrogen-bond donors (Lipinski definition) is 2. The molecule has 1 atom stereocenters. The highest BCUT2D eigenvalue weighted by molar-refractivity contribution is 8.00. The van der Waals surface area contributed by atoms with Crippen LogP contribution in [0.2, 0.25) is 0 Å². The Balaban J connectivity index is 2.15. The van der Waals surface area contributed by atoms with E-state index in [2.05, 4.69) is 5.32 Å². The van der Waals surface area contributed by atoms with Crippen molar-refractivity contribution in [3.8, 4) is 0 Å². The maximum atomic E-state index is 11.8. The van der Waals surface area contributed by atoms with Crippen LogP contribution in [0.4, 0.5) is 18.0 Å². The van der Waals surface area contributed by atoms with Crippen molar-refractivity contribution in [2.75, 3.05) is 25.4 Å². The number of carboxylic acid groups (broad SMARTS) is 1. The number of thioether (sulfide) groups is 1. The highest BCUT2D eigenvalue weighted by atomic mass is 32.2. The third-order valence-electron chi connectivity index (χ3n) is 2.94. The average Bonchev–Trinajstić information content (AvgIpc) is 2.20. The minimum Gasteiger partial charge on any atom is -0.481 e. The van der Waals surface area contributed by atoms with E-state index in [9.17, 15) is 22.8 Å². The van der Waals surface area contributed by atoms with Gasteiger partial charge in [-0.1, -0.05) is 6.92 Å². The lowest BCUT2D eigenvalue weighted by atomic mass is 9.87. The van der Waals surface area contributed by atoms with Crippen molar-refractivity contribution in [2.45, 2.75) is 12.4 Å². The van der Waals surface area contributed by atoms with Crippen LogP contribution in [0.3, 0.4) is 0 Å². The van der Waals surface area contributed by atoms with Crippen LogP contribution < -0.4 is 5.32 Å². The summed E-state index contributed by atoms with van der Waals surface area (Å²) in [6, 6.07) is -0.448. The van der Waals surface area contributed by atoms with E-state index in [1.165, 1.54) is 4.90 Å². The highest BCUT2D eigenvalue weighted by Crippen LogP contribution is 2.29. The van der Waals surface area contributed by atoms with E-state index < -0.39 is 23.4 Å². The molecule has 19 heavy (non-hydrogen) atoms. The number of hydrogen-bond acceptors (Lipinski definition) is 3. The van der Waals surface area contributed by atoms with Crippen LogP contribution in [0, 0.1) is 11.8 Å². The fourth-order valence-electron chi connectivity index (χ4n) is 1.63. The minimum absolute atomic E-state index is 0.0708. The number of nitrogens with one attached hydrogen (secondary N) is 1. The van der Waals surface area contributed by atoms with Crippen molar-refractivity contribution in [3.05, 3.63) is 0 Å². The van der Waals surface area contributed by atoms with E-state index in [0.717, 1.165) is 0 Å². The van der Waals surface area contributed by atoms with Crippen molar-refractivity contribution in [3.63, 3.8) is 0 Å². The summed E-state index contributed by atoms with van der Waals surface area (Å²) in [4.78, 5) is 23.5. The van der Waals surface area contributed by atoms with Crippen molar-refractivity contribution < 1.29 is 27.9 Å². The first-order chi connectivity index (χ1) is 8.70. The van der Waals surface area contributed by atoms with Crippen molar-refractivity contribution in [1.29, 1.82) is 0 Å². The van der Waals surface area contributed by atoms with Gasteiger partial charge in [-0.2, -0.15) is 13.2 Å². The number of amides is 2. The van der Waals surface area contributed by atoms with Crippen molar-refractivity contribution in [1.82, 2.24) is 10.2 Å². The third-order valence-corrected chi connectivity index (χ3v) is 3.67. The first-order valence-corrected chi connectivity index (χ1v) is 6.65. The molecule has 0 aromatic heterocycles. The summed E-state index contributed by atoms with van der Waals surface area (Å²) in [5.41, 5.74) is -4.29. The zero-order valence-corrected chi connectivity index (χ0v) is 11.1. The summed E-state index contributed by atoms with van der Waals surface area (Å²) in [5.74, 6) is -1.76. The Labute approximate surface area is 112 Å². The van der Waals surface area contributed by atoms with Gasteiger partial charge in [-0.15, -0.1) is 0 Å². The molecule has 1 unspecified atom stereocenters. The molecule has 2 N–H and O–H groups in total. The standard InChI is InChI=1S/C10H15F3N2O3S/c1-6(8(16)17)7-4-15(5-7)9(18)14-2-3-19-10(11,12)13/h6-7H,2-5H2,1H3,(H,14,18)(H,16,17). The first kappa shape index (κ1) is 15.9. The molecule has 1 aliphatic rings. The molecule has 0 bridgehead atoms. The lowest BCUT2D eigenvalue weighted by Gasteiger charge is -2.41. The smallest absolute Gasteiger partial charge is 0.441 e. The second-order valence-electron chi connectivity index (χ2n) is 4.32. The zero-order valence-electron chi connectivity index (χ0n) is 10.2. The molecule has 5 nitrogen and oxygen atoms in total. The van der Waals surface area contributed by atoms with Gasteiger partial charge in [0.05, 0.1) is 5.92 Å². The maximum absolute atomic E-state index is 11.8. The number of carboxylic acids is 1. The second-order valence-corrected chi connectivity index (χ2v) is 5.48. The number of carbonyl (C=O) groups is 2. The van der Waals surface area contributed by atoms with E-state index in [0.29, 0.717) is 13.1 Å². The Hall–Kier alpha value is -1.12. The Bertz CT molecular complexity index is 345. The number of carbonyl (C=O) groups excluding carboxylic acids is 1. The van der Waals surface area contributed by atoms with Gasteiger partial charge in [0.25, 0.3) is 0 Å². The minimum atomic E-state index is -4.29. The molecule has 0 saturated carbocycles. The molecule has 1 aliphatic heterocycles. The number of aliphatic carboxylic acids is 1. The zero-order chi connectivity index (χ0) is 14.6. The molecule has 0 aliphatic carbocycles. The van der Waals surface area contributed by atoms with Crippen LogP contribution in [0.15, 0.2) is 0 Å². The Kier molecular flexibility index (Phi) is 5.33. The lowest BCUT2D eigenvalue weighted by Crippen LogP contribution is -2.56. The lowest BCUT2D eigenvalue weighted by molar-refractivity contribution is -0.144. The van der Waals surface area contributed by atoms with Gasteiger partial charge in [-0.25, -0.2) is 4.79 Å². The van der Waals surface area contributed by atoms with Crippen LogP contribution in [0.25, 0.3) is 0 Å². The molecule has 1 rings (SSSR count). The van der Waals surface area contributed by atoms with Gasteiger partial charge in [0, 0.05) is 31.3 Å². The summed E-state index contributed by atoms with van der Waals surface area (Å²) < 4.78 is 35.4. The molecule has 110 valence electrons. The topological polar surface area (TPSA) is 69.6 Å². The molecule has 2 amide bonds. The van der Waals surface area contributed by atoms with Crippen LogP contribution in [0.5, 0.6) is 0 Å². The van der Waals surface area contributed by atoms with Crippen LogP contribution >= 0.6 is 11.8 Å². The summed E-state index contributed by atoms with van der Waals surface area (Å²) in [6.45, 7) is 2.15. The number of urea groups is 1. The average molecular weight is 300 g/mol. The third kappa shape index (κ3) is 5.17. The molecule has 0 radical (unpaired) electrons. The quantitative estimate of drug-likeness (QED) is 0.757. The number of halogens is 3. The molecule has 0 aromatic carbocycles. The van der Waals surface area contributed by atoms with Crippen LogP contribution in [0.1, 0.15) is 6.92 Å². The van der Waals surface area contributed by atoms with Crippen LogP contribution in [-0.2, 0) is 4.79 Å². The molecular weight excluding hydrogens is 285 g/mol. The van der Waals surface area contributed by atoms with E-state index in [4.69, 9.17) is 5.11 Å². The second kappa shape index (κ2) is 6.36. The van der Waals surface area contributed by atoms with Gasteiger partial charge in [0.1, 0.15) is 0 Å². The fraction of sp³-hybridized carbons (Fsp3) is 0.800. The molecule has 1 saturated heterocycles. The fourth-order valence-corrected chi connectivity index (χ4v) is 2.07. The Morgan fingerprint density at radius 3 is 2.53 bits per heavy atom. The molecule has 1 heterocycles. The van der Waals surface area contributed by atoms with E-state index in [1.54, 1.807) is 6.92 Å². The normalized spacial score (nSPS) is 17.8. The molecule has 0 spiro atoms. The summed E-state index contributed by atoms with van der Waals surface area (Å²) in [5, 5.41) is 11.1. The Morgan fingerprint density at radius 1 is 1.47 bits per heavy atom. The van der Waals surface area contributed by atoms with E-state index >= 15 is 0 Å². The van der Waals surface area contributed by atoms with Crippen molar-refractivity contribution in [2.24, 2.45) is 11.8 Å². The molecule has 1 fully saturated rings. The van der Waals surface area contributed by atoms with Crippen molar-refractivity contribution >= 4 is 23.8 Å². The highest BCUT2D eigenvalue weighted by Gasteiger charge is 2.37. The number of alkyl halides is 3. The summed E-state index contributed by atoms with van der Waals surface area (Å²) >= 11 is -0.189. The molecular formula is C10H15F3N2O3S. The van der Waals surface area contributed by atoms with Gasteiger partial charge >= 0.3 is 17.5 Å². The largest absolute Gasteiger partial charge is 0.481 e. The SMILES string of the molecule is CC(C(=O)O)C1CN(C(=O)NCCSC(F)(F)F)C1. The van der Waals surface area contributed by atoms with Crippen LogP contribution in [-0.4, -0.2) is 52.9 Å².